The smallest absolute Gasteiger partial charge is 0.325 e. The first-order chi connectivity index (χ1) is 14.0. The van der Waals surface area contributed by atoms with Crippen LogP contribution in [0.15, 0.2) is 42.5 Å². The van der Waals surface area contributed by atoms with Crippen LogP contribution in [0, 0.1) is 0 Å². The summed E-state index contributed by atoms with van der Waals surface area (Å²) in [6.45, 7) is 3.36. The minimum Gasteiger partial charge on any atom is -0.497 e. The number of hydrogen-bond acceptors (Lipinski definition) is 5. The summed E-state index contributed by atoms with van der Waals surface area (Å²) in [4.78, 5) is 28.3. The van der Waals surface area contributed by atoms with Crippen molar-refractivity contribution < 1.29 is 23.8 Å². The Bertz CT molecular complexity index is 869. The normalized spacial score (nSPS) is 13.4. The Labute approximate surface area is 170 Å². The molecular weight excluding hydrogens is 374 g/mol. The molecule has 3 rings (SSSR count). The fraction of sp³-hybridized carbons (Fsp3) is 0.333. The zero-order valence-corrected chi connectivity index (χ0v) is 16.8. The number of rotatable bonds is 8. The van der Waals surface area contributed by atoms with E-state index < -0.39 is 0 Å². The number of urea groups is 1. The van der Waals surface area contributed by atoms with E-state index in [-0.39, 0.29) is 18.5 Å². The van der Waals surface area contributed by atoms with Gasteiger partial charge in [0, 0.05) is 24.8 Å². The van der Waals surface area contributed by atoms with E-state index in [1.54, 1.807) is 61.6 Å². The van der Waals surface area contributed by atoms with E-state index in [0.29, 0.717) is 42.6 Å². The minimum absolute atomic E-state index is 0.0329. The number of ether oxygens (including phenoxy) is 3. The maximum Gasteiger partial charge on any atom is 0.325 e. The molecule has 1 fully saturated rings. The molecule has 0 saturated carbocycles. The molecule has 0 spiro atoms. The number of carbonyl (C=O) groups excluding carboxylic acids is 2. The second-order valence-electron chi connectivity index (χ2n) is 6.40. The molecule has 0 bridgehead atoms. The van der Waals surface area contributed by atoms with Gasteiger partial charge in [0.1, 0.15) is 23.8 Å². The number of carbonyl (C=O) groups is 2. The molecule has 8 heteroatoms. The van der Waals surface area contributed by atoms with Crippen molar-refractivity contribution in [1.82, 2.24) is 4.90 Å². The van der Waals surface area contributed by atoms with Crippen molar-refractivity contribution in [3.8, 4) is 17.2 Å². The molecule has 1 saturated heterocycles. The lowest BCUT2D eigenvalue weighted by Gasteiger charge is -2.21. The summed E-state index contributed by atoms with van der Waals surface area (Å²) < 4.78 is 16.0. The fourth-order valence-electron chi connectivity index (χ4n) is 3.14. The molecule has 2 aromatic carbocycles. The van der Waals surface area contributed by atoms with Crippen LogP contribution in [0.25, 0.3) is 0 Å². The number of nitrogens with one attached hydrogen (secondary N) is 1. The Morgan fingerprint density at radius 1 is 1.03 bits per heavy atom. The third-order valence-corrected chi connectivity index (χ3v) is 4.56. The fourth-order valence-corrected chi connectivity index (χ4v) is 3.14. The SMILES string of the molecule is CCOc1ccc(NC(=O)CN2CCN(c3cc(OC)ccc3OC)C2=O)cc1. The first-order valence-electron chi connectivity index (χ1n) is 9.37. The maximum atomic E-state index is 12.8. The van der Waals surface area contributed by atoms with E-state index in [1.807, 2.05) is 6.92 Å². The van der Waals surface area contributed by atoms with Gasteiger partial charge in [-0.2, -0.15) is 0 Å². The second-order valence-corrected chi connectivity index (χ2v) is 6.40. The first kappa shape index (κ1) is 20.3. The molecule has 1 aliphatic heterocycles. The lowest BCUT2D eigenvalue weighted by atomic mass is 10.2. The van der Waals surface area contributed by atoms with Gasteiger partial charge in [0.2, 0.25) is 5.91 Å². The van der Waals surface area contributed by atoms with Crippen LogP contribution in [-0.4, -0.2) is 57.3 Å². The van der Waals surface area contributed by atoms with E-state index in [4.69, 9.17) is 14.2 Å². The zero-order chi connectivity index (χ0) is 20.8. The third kappa shape index (κ3) is 4.71. The van der Waals surface area contributed by atoms with Gasteiger partial charge >= 0.3 is 6.03 Å². The standard InChI is InChI=1S/C21H25N3O5/c1-4-29-16-7-5-15(6-8-16)22-20(25)14-23-11-12-24(21(23)26)18-13-17(27-2)9-10-19(18)28-3/h5-10,13H,4,11-12,14H2,1-3H3,(H,22,25). The van der Waals surface area contributed by atoms with Crippen LogP contribution < -0.4 is 24.4 Å². The minimum atomic E-state index is -0.262. The first-order valence-corrected chi connectivity index (χ1v) is 9.37. The van der Waals surface area contributed by atoms with Crippen molar-refractivity contribution in [3.05, 3.63) is 42.5 Å². The highest BCUT2D eigenvalue weighted by atomic mass is 16.5. The maximum absolute atomic E-state index is 12.8. The molecule has 0 atom stereocenters. The summed E-state index contributed by atoms with van der Waals surface area (Å²) in [5, 5.41) is 2.80. The summed E-state index contributed by atoms with van der Waals surface area (Å²) in [6.07, 6.45) is 0. The molecule has 1 heterocycles. The molecule has 2 aromatic rings. The van der Waals surface area contributed by atoms with Gasteiger partial charge < -0.3 is 24.4 Å². The average Bonchev–Trinajstić information content (AvgIpc) is 3.09. The van der Waals surface area contributed by atoms with Crippen molar-refractivity contribution in [2.24, 2.45) is 0 Å². The predicted molar refractivity (Wildman–Crippen MR) is 110 cm³/mol. The molecule has 0 unspecified atom stereocenters. The molecule has 3 amide bonds. The molecule has 29 heavy (non-hydrogen) atoms. The molecule has 8 nitrogen and oxygen atoms in total. The van der Waals surface area contributed by atoms with Crippen LogP contribution in [-0.2, 0) is 4.79 Å². The Kier molecular flexibility index (Phi) is 6.43. The lowest BCUT2D eigenvalue weighted by Crippen LogP contribution is -2.37. The Balaban J connectivity index is 1.63. The van der Waals surface area contributed by atoms with Crippen LogP contribution in [0.1, 0.15) is 6.92 Å². The van der Waals surface area contributed by atoms with E-state index in [9.17, 15) is 9.59 Å². The van der Waals surface area contributed by atoms with Crippen molar-refractivity contribution >= 4 is 23.3 Å². The monoisotopic (exact) mass is 399 g/mol. The van der Waals surface area contributed by atoms with Gasteiger partial charge in [0.25, 0.3) is 0 Å². The van der Waals surface area contributed by atoms with E-state index in [0.717, 1.165) is 5.75 Å². The molecule has 1 aliphatic rings. The quantitative estimate of drug-likeness (QED) is 0.738. The van der Waals surface area contributed by atoms with Crippen molar-refractivity contribution in [1.29, 1.82) is 0 Å². The number of nitrogens with zero attached hydrogens (tertiary/aromatic N) is 2. The van der Waals surface area contributed by atoms with Crippen molar-refractivity contribution in [2.45, 2.75) is 6.92 Å². The molecule has 0 aromatic heterocycles. The Morgan fingerprint density at radius 2 is 1.76 bits per heavy atom. The summed E-state index contributed by atoms with van der Waals surface area (Å²) in [5.74, 6) is 1.67. The third-order valence-electron chi connectivity index (χ3n) is 4.56. The number of amides is 3. The van der Waals surface area contributed by atoms with E-state index in [2.05, 4.69) is 5.32 Å². The van der Waals surface area contributed by atoms with Crippen LogP contribution in [0.5, 0.6) is 17.2 Å². The highest BCUT2D eigenvalue weighted by Gasteiger charge is 2.32. The van der Waals surface area contributed by atoms with Gasteiger partial charge in [-0.1, -0.05) is 0 Å². The Hall–Kier alpha value is -3.42. The van der Waals surface area contributed by atoms with Gasteiger partial charge in [-0.25, -0.2) is 4.79 Å². The van der Waals surface area contributed by atoms with Gasteiger partial charge in [0.05, 0.1) is 26.5 Å². The van der Waals surface area contributed by atoms with Crippen LogP contribution in [0.2, 0.25) is 0 Å². The van der Waals surface area contributed by atoms with Gasteiger partial charge in [-0.05, 0) is 43.3 Å². The topological polar surface area (TPSA) is 80.3 Å². The number of anilines is 2. The Morgan fingerprint density at radius 3 is 2.41 bits per heavy atom. The van der Waals surface area contributed by atoms with Gasteiger partial charge in [0.15, 0.2) is 0 Å². The van der Waals surface area contributed by atoms with E-state index in [1.165, 1.54) is 4.90 Å². The molecule has 0 radical (unpaired) electrons. The summed E-state index contributed by atoms with van der Waals surface area (Å²) in [5.41, 5.74) is 1.27. The van der Waals surface area contributed by atoms with Gasteiger partial charge in [-0.3, -0.25) is 9.69 Å². The highest BCUT2D eigenvalue weighted by molar-refractivity contribution is 6.00. The highest BCUT2D eigenvalue weighted by Crippen LogP contribution is 2.34. The molecule has 0 aliphatic carbocycles. The van der Waals surface area contributed by atoms with Gasteiger partial charge in [-0.15, -0.1) is 0 Å². The second kappa shape index (κ2) is 9.18. The van der Waals surface area contributed by atoms with Crippen molar-refractivity contribution in [2.75, 3.05) is 50.7 Å². The number of hydrogen-bond donors (Lipinski definition) is 1. The average molecular weight is 399 g/mol. The largest absolute Gasteiger partial charge is 0.497 e. The summed E-state index contributed by atoms with van der Waals surface area (Å²) in [7, 11) is 3.11. The summed E-state index contributed by atoms with van der Waals surface area (Å²) in [6, 6.07) is 12.1. The molecule has 154 valence electrons. The van der Waals surface area contributed by atoms with Crippen molar-refractivity contribution in [3.63, 3.8) is 0 Å². The molecular formula is C21H25N3O5. The number of benzene rings is 2. The van der Waals surface area contributed by atoms with Crippen LogP contribution in [0.3, 0.4) is 0 Å². The number of methoxy groups -OCH3 is 2. The predicted octanol–water partition coefficient (Wildman–Crippen LogP) is 2.98. The summed E-state index contributed by atoms with van der Waals surface area (Å²) >= 11 is 0. The van der Waals surface area contributed by atoms with Crippen LogP contribution >= 0.6 is 0 Å². The van der Waals surface area contributed by atoms with E-state index >= 15 is 0 Å². The zero-order valence-electron chi connectivity index (χ0n) is 16.8. The lowest BCUT2D eigenvalue weighted by molar-refractivity contribution is -0.116. The molecule has 1 N–H and O–H groups in total. The van der Waals surface area contributed by atoms with Crippen LogP contribution in [0.4, 0.5) is 16.2 Å².